The van der Waals surface area contributed by atoms with Gasteiger partial charge in [0, 0.05) is 0 Å². The molecule has 3 nitrogen and oxygen atoms in total. The third-order valence-corrected chi connectivity index (χ3v) is 0.886. The fourth-order valence-corrected chi connectivity index (χ4v) is 0.289. The van der Waals surface area contributed by atoms with Crippen molar-refractivity contribution in [1.29, 1.82) is 0 Å². The monoisotopic (exact) mass is 169 g/mol. The van der Waals surface area contributed by atoms with Gasteiger partial charge >= 0.3 is 0 Å². The molecule has 0 unspecified atom stereocenters. The Morgan fingerprint density at radius 2 is 1.60 bits per heavy atom. The van der Waals surface area contributed by atoms with E-state index < -0.39 is 14.4 Å². The molecular formula is C5H11FO3P-. The number of halogens is 1. The first-order chi connectivity index (χ1) is 4.54. The minimum Gasteiger partial charge on any atom is -0.598 e. The third kappa shape index (κ3) is 24.6. The lowest BCUT2D eigenvalue weighted by Gasteiger charge is -1.94. The summed E-state index contributed by atoms with van der Waals surface area (Å²) in [4.78, 5) is 17.0. The zero-order valence-corrected chi connectivity index (χ0v) is 6.94. The molecule has 0 N–H and O–H groups in total. The Balaban J connectivity index is 0. The van der Waals surface area contributed by atoms with Crippen molar-refractivity contribution in [2.45, 2.75) is 32.9 Å². The average Bonchev–Trinajstić information content (AvgIpc) is 1.85. The van der Waals surface area contributed by atoms with Gasteiger partial charge in [0.1, 0.15) is 0 Å². The van der Waals surface area contributed by atoms with Crippen LogP contribution in [0.3, 0.4) is 0 Å². The molecule has 0 atom stereocenters. The van der Waals surface area contributed by atoms with Crippen LogP contribution in [0.5, 0.6) is 0 Å². The molecule has 0 aromatic carbocycles. The van der Waals surface area contributed by atoms with Crippen LogP contribution < -0.4 is 9.79 Å². The van der Waals surface area contributed by atoms with E-state index in [0.717, 1.165) is 0 Å². The van der Waals surface area contributed by atoms with Gasteiger partial charge in [-0.3, -0.25) is 0 Å². The Morgan fingerprint density at radius 1 is 1.40 bits per heavy atom. The van der Waals surface area contributed by atoms with Gasteiger partial charge in [-0.15, -0.1) is 0 Å². The highest BCUT2D eigenvalue weighted by atomic mass is 31.1. The van der Waals surface area contributed by atoms with Crippen molar-refractivity contribution in [2.75, 3.05) is 0 Å². The molecule has 0 aliphatic rings. The van der Waals surface area contributed by atoms with Crippen LogP contribution in [0.25, 0.3) is 0 Å². The molecule has 0 fully saturated rings. The summed E-state index contributed by atoms with van der Waals surface area (Å²) in [6.45, 7) is 3.71. The SMILES string of the molecule is CCC(F)CC.O=[P+]([O-])[O-]. The largest absolute Gasteiger partial charge is 0.598 e. The molecule has 0 heterocycles. The maximum atomic E-state index is 11.9. The second-order valence-corrected chi connectivity index (χ2v) is 2.08. The van der Waals surface area contributed by atoms with Crippen molar-refractivity contribution in [3.05, 3.63) is 0 Å². The maximum Gasteiger partial charge on any atom is 0.276 e. The molecule has 0 saturated heterocycles. The molecule has 0 amide bonds. The summed E-state index contributed by atoms with van der Waals surface area (Å²) in [7, 11) is -3.37. The molecular weight excluding hydrogens is 158 g/mol. The highest BCUT2D eigenvalue weighted by molar-refractivity contribution is 7.27. The summed E-state index contributed by atoms with van der Waals surface area (Å²) in [5.41, 5.74) is 0. The Labute approximate surface area is 60.8 Å². The van der Waals surface area contributed by atoms with Gasteiger partial charge in [-0.05, 0) is 12.8 Å². The first-order valence-electron chi connectivity index (χ1n) is 3.00. The van der Waals surface area contributed by atoms with E-state index in [-0.39, 0.29) is 0 Å². The second kappa shape index (κ2) is 8.95. The van der Waals surface area contributed by atoms with Crippen LogP contribution in [0.2, 0.25) is 0 Å². The fraction of sp³-hybridized carbons (Fsp3) is 1.00. The molecule has 0 spiro atoms. The molecule has 0 aromatic heterocycles. The van der Waals surface area contributed by atoms with Gasteiger partial charge < -0.3 is 9.79 Å². The Kier molecular flexibility index (Phi) is 11.3. The second-order valence-electron chi connectivity index (χ2n) is 1.64. The zero-order valence-electron chi connectivity index (χ0n) is 6.04. The molecule has 0 saturated carbocycles. The van der Waals surface area contributed by atoms with E-state index in [4.69, 9.17) is 14.4 Å². The third-order valence-electron chi connectivity index (χ3n) is 0.886. The minimum absolute atomic E-state index is 0.565. The molecule has 62 valence electrons. The Hall–Kier alpha value is -0.0500. The summed E-state index contributed by atoms with van der Waals surface area (Å²) in [5, 5.41) is 0. The van der Waals surface area contributed by atoms with Crippen molar-refractivity contribution < 1.29 is 18.7 Å². The van der Waals surface area contributed by atoms with Gasteiger partial charge in [-0.2, -0.15) is 0 Å². The molecule has 0 bridgehead atoms. The van der Waals surface area contributed by atoms with E-state index in [1.165, 1.54) is 0 Å². The van der Waals surface area contributed by atoms with Crippen LogP contribution >= 0.6 is 8.25 Å². The number of hydrogen-bond donors (Lipinski definition) is 0. The molecule has 5 heteroatoms. The van der Waals surface area contributed by atoms with E-state index in [2.05, 4.69) is 0 Å². The van der Waals surface area contributed by atoms with E-state index in [0.29, 0.717) is 12.8 Å². The molecule has 0 aliphatic carbocycles. The molecule has 0 aliphatic heterocycles. The van der Waals surface area contributed by atoms with E-state index >= 15 is 0 Å². The quantitative estimate of drug-likeness (QED) is 0.565. The van der Waals surface area contributed by atoms with Crippen molar-refractivity contribution in [2.24, 2.45) is 0 Å². The Morgan fingerprint density at radius 3 is 1.60 bits per heavy atom. The molecule has 0 aromatic rings. The van der Waals surface area contributed by atoms with Gasteiger partial charge in [0.15, 0.2) is 0 Å². The molecule has 0 rings (SSSR count). The lowest BCUT2D eigenvalue weighted by molar-refractivity contribution is -0.297. The average molecular weight is 169 g/mol. The number of hydrogen-bond acceptors (Lipinski definition) is 3. The van der Waals surface area contributed by atoms with Gasteiger partial charge in [0.05, 0.1) is 6.17 Å². The topological polar surface area (TPSA) is 63.2 Å². The zero-order chi connectivity index (χ0) is 8.57. The molecule has 0 radical (unpaired) electrons. The van der Waals surface area contributed by atoms with Gasteiger partial charge in [0.2, 0.25) is 0 Å². The summed E-state index contributed by atoms with van der Waals surface area (Å²) in [5.74, 6) is 0. The summed E-state index contributed by atoms with van der Waals surface area (Å²) < 4.78 is 20.3. The lowest BCUT2D eigenvalue weighted by atomic mass is 10.2. The van der Waals surface area contributed by atoms with Crippen molar-refractivity contribution >= 4 is 8.25 Å². The lowest BCUT2D eigenvalue weighted by Crippen LogP contribution is -1.97. The first kappa shape index (κ1) is 12.6. The number of alkyl halides is 1. The number of rotatable bonds is 2. The fourth-order valence-electron chi connectivity index (χ4n) is 0.289. The van der Waals surface area contributed by atoms with Gasteiger partial charge in [-0.25, -0.2) is 4.39 Å². The van der Waals surface area contributed by atoms with Crippen molar-refractivity contribution in [3.8, 4) is 0 Å². The highest BCUT2D eigenvalue weighted by Gasteiger charge is 1.93. The van der Waals surface area contributed by atoms with Crippen LogP contribution in [-0.4, -0.2) is 6.17 Å². The van der Waals surface area contributed by atoms with Crippen LogP contribution in [0.1, 0.15) is 26.7 Å². The summed E-state index contributed by atoms with van der Waals surface area (Å²) >= 11 is 0. The smallest absolute Gasteiger partial charge is 0.276 e. The van der Waals surface area contributed by atoms with Crippen LogP contribution in [-0.2, 0) is 4.57 Å². The normalized spacial score (nSPS) is 8.60. The summed E-state index contributed by atoms with van der Waals surface area (Å²) in [6, 6.07) is 0. The van der Waals surface area contributed by atoms with Gasteiger partial charge in [0.25, 0.3) is 8.25 Å². The van der Waals surface area contributed by atoms with Crippen molar-refractivity contribution in [3.63, 3.8) is 0 Å². The van der Waals surface area contributed by atoms with E-state index in [9.17, 15) is 4.39 Å². The van der Waals surface area contributed by atoms with E-state index in [1.54, 1.807) is 0 Å². The predicted octanol–water partition coefficient (Wildman–Crippen LogP) is 0.509. The summed E-state index contributed by atoms with van der Waals surface area (Å²) in [6.07, 6.45) is 0.762. The molecule has 10 heavy (non-hydrogen) atoms. The van der Waals surface area contributed by atoms with E-state index in [1.807, 2.05) is 13.8 Å². The first-order valence-corrected chi connectivity index (χ1v) is 4.09. The predicted molar refractivity (Wildman–Crippen MR) is 33.1 cm³/mol. The van der Waals surface area contributed by atoms with Gasteiger partial charge in [-0.1, -0.05) is 18.4 Å². The van der Waals surface area contributed by atoms with Crippen LogP contribution in [0, 0.1) is 0 Å². The standard InChI is InChI=1S/C5H11F.HO3P/c1-3-5(6)4-2;1-4(2)3/h5H,3-4H2,1-2H3;(H,1,2,3)/p-1. The Bertz CT molecular complexity index is 81.0. The van der Waals surface area contributed by atoms with Crippen molar-refractivity contribution in [1.82, 2.24) is 0 Å². The minimum atomic E-state index is -3.37. The maximum absolute atomic E-state index is 11.9. The highest BCUT2D eigenvalue weighted by Crippen LogP contribution is 1.98. The van der Waals surface area contributed by atoms with Crippen LogP contribution in [0.4, 0.5) is 4.39 Å². The van der Waals surface area contributed by atoms with Crippen LogP contribution in [0.15, 0.2) is 0 Å².